The molecule has 0 unspecified atom stereocenters. The third-order valence-corrected chi connectivity index (χ3v) is 4.79. The van der Waals surface area contributed by atoms with E-state index in [1.165, 1.54) is 26.4 Å². The smallest absolute Gasteiger partial charge is 0.270 e. The summed E-state index contributed by atoms with van der Waals surface area (Å²) in [5, 5.41) is 3.08. The fourth-order valence-corrected chi connectivity index (χ4v) is 3.42. The van der Waals surface area contributed by atoms with Gasteiger partial charge in [-0.3, -0.25) is 19.8 Å². The van der Waals surface area contributed by atoms with Gasteiger partial charge in [-0.25, -0.2) is 0 Å². The fourth-order valence-electron chi connectivity index (χ4n) is 2.65. The van der Waals surface area contributed by atoms with E-state index < -0.39 is 11.8 Å². The standard InChI is InChI=1S/C19H14Cl2N2O4S/c1-26-15-6-3-10(8-16(15)27-2)7-12-17(24)22-19(28)23(18(12)25)14-5-4-11(20)9-13(14)21/h3-9H,1-2H3,(H,22,24,28)/b12-7+. The lowest BCUT2D eigenvalue weighted by atomic mass is 10.1. The Morgan fingerprint density at radius 3 is 2.39 bits per heavy atom. The monoisotopic (exact) mass is 436 g/mol. The number of halogens is 2. The third kappa shape index (κ3) is 3.82. The Kier molecular flexibility index (Phi) is 5.88. The molecule has 0 saturated carbocycles. The number of benzene rings is 2. The Labute approximate surface area is 176 Å². The highest BCUT2D eigenvalue weighted by atomic mass is 35.5. The van der Waals surface area contributed by atoms with E-state index in [2.05, 4.69) is 5.32 Å². The predicted molar refractivity (Wildman–Crippen MR) is 112 cm³/mol. The van der Waals surface area contributed by atoms with Crippen molar-refractivity contribution in [2.45, 2.75) is 0 Å². The zero-order valence-corrected chi connectivity index (χ0v) is 17.1. The van der Waals surface area contributed by atoms with Gasteiger partial charge in [0.05, 0.1) is 24.9 Å². The molecule has 1 heterocycles. The molecule has 28 heavy (non-hydrogen) atoms. The number of hydrogen-bond acceptors (Lipinski definition) is 5. The van der Waals surface area contributed by atoms with Gasteiger partial charge in [0.1, 0.15) is 5.57 Å². The molecule has 9 heteroatoms. The second-order valence-corrected chi connectivity index (χ2v) is 6.90. The Balaban J connectivity index is 2.04. The van der Waals surface area contributed by atoms with Crippen molar-refractivity contribution >= 4 is 64.1 Å². The summed E-state index contributed by atoms with van der Waals surface area (Å²) in [5.74, 6) is -0.215. The van der Waals surface area contributed by atoms with Crippen LogP contribution in [0.5, 0.6) is 11.5 Å². The largest absolute Gasteiger partial charge is 0.493 e. The van der Waals surface area contributed by atoms with E-state index in [9.17, 15) is 9.59 Å². The molecule has 144 valence electrons. The van der Waals surface area contributed by atoms with Crippen LogP contribution in [0.1, 0.15) is 5.56 Å². The van der Waals surface area contributed by atoms with Crippen molar-refractivity contribution in [2.24, 2.45) is 0 Å². The fraction of sp³-hybridized carbons (Fsp3) is 0.105. The van der Waals surface area contributed by atoms with Crippen molar-refractivity contribution in [1.82, 2.24) is 5.32 Å². The number of anilines is 1. The van der Waals surface area contributed by atoms with Crippen LogP contribution in [0.2, 0.25) is 10.0 Å². The molecule has 1 N–H and O–H groups in total. The first-order valence-electron chi connectivity index (χ1n) is 7.94. The first kappa shape index (κ1) is 20.1. The molecule has 1 aliphatic rings. The topological polar surface area (TPSA) is 67.9 Å². The van der Waals surface area contributed by atoms with Gasteiger partial charge in [-0.05, 0) is 54.2 Å². The quantitative estimate of drug-likeness (QED) is 0.447. The summed E-state index contributed by atoms with van der Waals surface area (Å²) in [6, 6.07) is 9.64. The van der Waals surface area contributed by atoms with E-state index in [1.807, 2.05) is 0 Å². The molecular formula is C19H14Cl2N2O4S. The molecular weight excluding hydrogens is 423 g/mol. The average Bonchev–Trinajstić information content (AvgIpc) is 2.66. The van der Waals surface area contributed by atoms with Crippen LogP contribution >= 0.6 is 35.4 Å². The minimum absolute atomic E-state index is 0.0660. The van der Waals surface area contributed by atoms with Gasteiger partial charge >= 0.3 is 0 Å². The molecule has 2 amide bonds. The number of nitrogens with one attached hydrogen (secondary N) is 1. The van der Waals surface area contributed by atoms with Crippen molar-refractivity contribution in [2.75, 3.05) is 19.1 Å². The zero-order chi connectivity index (χ0) is 20.4. The van der Waals surface area contributed by atoms with Crippen LogP contribution in [0.15, 0.2) is 42.0 Å². The second-order valence-electron chi connectivity index (χ2n) is 5.67. The van der Waals surface area contributed by atoms with Gasteiger partial charge in [0.15, 0.2) is 16.6 Å². The van der Waals surface area contributed by atoms with E-state index >= 15 is 0 Å². The Hall–Kier alpha value is -2.61. The van der Waals surface area contributed by atoms with Crippen LogP contribution in [-0.2, 0) is 9.59 Å². The summed E-state index contributed by atoms with van der Waals surface area (Å²) in [4.78, 5) is 26.6. The molecule has 1 saturated heterocycles. The van der Waals surface area contributed by atoms with Crippen LogP contribution in [0.3, 0.4) is 0 Å². The lowest BCUT2D eigenvalue weighted by Crippen LogP contribution is -2.54. The number of carbonyl (C=O) groups excluding carboxylic acids is 2. The molecule has 2 aromatic rings. The minimum Gasteiger partial charge on any atom is -0.493 e. The summed E-state index contributed by atoms with van der Waals surface area (Å²) < 4.78 is 10.4. The summed E-state index contributed by atoms with van der Waals surface area (Å²) >= 11 is 17.3. The van der Waals surface area contributed by atoms with E-state index in [0.29, 0.717) is 27.8 Å². The van der Waals surface area contributed by atoms with Crippen molar-refractivity contribution in [3.63, 3.8) is 0 Å². The molecule has 1 fully saturated rings. The zero-order valence-electron chi connectivity index (χ0n) is 14.8. The van der Waals surface area contributed by atoms with Gasteiger partial charge in [-0.1, -0.05) is 29.3 Å². The summed E-state index contributed by atoms with van der Waals surface area (Å²) in [6.07, 6.45) is 1.44. The summed E-state index contributed by atoms with van der Waals surface area (Å²) in [5.41, 5.74) is 0.789. The highest BCUT2D eigenvalue weighted by molar-refractivity contribution is 7.80. The number of nitrogens with zero attached hydrogens (tertiary/aromatic N) is 1. The van der Waals surface area contributed by atoms with Crippen molar-refractivity contribution in [3.8, 4) is 11.5 Å². The molecule has 2 aromatic carbocycles. The molecule has 0 aliphatic carbocycles. The molecule has 3 rings (SSSR count). The summed E-state index contributed by atoms with van der Waals surface area (Å²) in [7, 11) is 3.01. The number of ether oxygens (including phenoxy) is 2. The number of hydrogen-bond donors (Lipinski definition) is 1. The molecule has 0 spiro atoms. The van der Waals surface area contributed by atoms with Gasteiger partial charge in [0, 0.05) is 5.02 Å². The average molecular weight is 437 g/mol. The first-order chi connectivity index (χ1) is 13.3. The van der Waals surface area contributed by atoms with Gasteiger partial charge in [-0.15, -0.1) is 0 Å². The van der Waals surface area contributed by atoms with Crippen LogP contribution in [0.4, 0.5) is 5.69 Å². The normalized spacial score (nSPS) is 15.6. The molecule has 0 radical (unpaired) electrons. The molecule has 1 aliphatic heterocycles. The molecule has 0 bridgehead atoms. The Morgan fingerprint density at radius 1 is 1.04 bits per heavy atom. The number of carbonyl (C=O) groups is 2. The summed E-state index contributed by atoms with van der Waals surface area (Å²) in [6.45, 7) is 0. The van der Waals surface area contributed by atoms with Crippen molar-refractivity contribution in [1.29, 1.82) is 0 Å². The molecule has 6 nitrogen and oxygen atoms in total. The number of amides is 2. The van der Waals surface area contributed by atoms with Crippen molar-refractivity contribution in [3.05, 3.63) is 57.6 Å². The third-order valence-electron chi connectivity index (χ3n) is 3.97. The van der Waals surface area contributed by atoms with Crippen LogP contribution < -0.4 is 19.7 Å². The van der Waals surface area contributed by atoms with E-state index in [4.69, 9.17) is 44.9 Å². The number of methoxy groups -OCH3 is 2. The van der Waals surface area contributed by atoms with Crippen LogP contribution in [-0.4, -0.2) is 31.1 Å². The van der Waals surface area contributed by atoms with Crippen LogP contribution in [0.25, 0.3) is 6.08 Å². The van der Waals surface area contributed by atoms with E-state index in [0.717, 1.165) is 4.90 Å². The van der Waals surface area contributed by atoms with Gasteiger partial charge < -0.3 is 9.47 Å². The minimum atomic E-state index is -0.605. The molecule has 0 aromatic heterocycles. The second kappa shape index (κ2) is 8.18. The lowest BCUT2D eigenvalue weighted by molar-refractivity contribution is -0.122. The maximum atomic E-state index is 13.0. The first-order valence-corrected chi connectivity index (χ1v) is 9.10. The highest BCUT2D eigenvalue weighted by Crippen LogP contribution is 2.32. The van der Waals surface area contributed by atoms with Crippen LogP contribution in [0, 0.1) is 0 Å². The van der Waals surface area contributed by atoms with E-state index in [-0.39, 0.29) is 15.7 Å². The van der Waals surface area contributed by atoms with Gasteiger partial charge in [0.2, 0.25) is 0 Å². The predicted octanol–water partition coefficient (Wildman–Crippen LogP) is 3.84. The maximum Gasteiger partial charge on any atom is 0.270 e. The highest BCUT2D eigenvalue weighted by Gasteiger charge is 2.35. The van der Waals surface area contributed by atoms with Gasteiger partial charge in [0.25, 0.3) is 11.8 Å². The molecule has 0 atom stereocenters. The Morgan fingerprint density at radius 2 is 1.75 bits per heavy atom. The van der Waals surface area contributed by atoms with E-state index in [1.54, 1.807) is 30.3 Å². The number of thiocarbonyl (C=S) groups is 1. The SMILES string of the molecule is COc1ccc(/C=C2\C(=O)NC(=S)N(c3ccc(Cl)cc3Cl)C2=O)cc1OC. The number of rotatable bonds is 4. The van der Waals surface area contributed by atoms with Crippen molar-refractivity contribution < 1.29 is 19.1 Å². The maximum absolute atomic E-state index is 13.0. The van der Waals surface area contributed by atoms with Gasteiger partial charge in [-0.2, -0.15) is 0 Å². The Bertz CT molecular complexity index is 1020. The lowest BCUT2D eigenvalue weighted by Gasteiger charge is -2.29.